The number of para-hydroxylation sites is 2. The molecular weight excluding hydrogens is 793 g/mol. The Bertz CT molecular complexity index is 3320. The van der Waals surface area contributed by atoms with Crippen LogP contribution in [0, 0.1) is 20.8 Å². The molecule has 310 valence electrons. The number of hydrogen-bond acceptors (Lipinski definition) is 10. The first-order valence-electron chi connectivity index (χ1n) is 20.5. The van der Waals surface area contributed by atoms with Crippen LogP contribution < -0.4 is 9.47 Å². The van der Waals surface area contributed by atoms with Gasteiger partial charge in [-0.15, -0.1) is 4.89 Å². The van der Waals surface area contributed by atoms with Crippen LogP contribution in [0.15, 0.2) is 160 Å². The van der Waals surface area contributed by atoms with E-state index in [-0.39, 0.29) is 24.3 Å². The molecule has 1 unspecified atom stereocenters. The Kier molecular flexibility index (Phi) is 10.4. The van der Waals surface area contributed by atoms with Crippen LogP contribution in [0.5, 0.6) is 11.5 Å². The van der Waals surface area contributed by atoms with Gasteiger partial charge < -0.3 is 23.4 Å². The average molecular weight is 833 g/mol. The highest BCUT2D eigenvalue weighted by Crippen LogP contribution is 2.41. The van der Waals surface area contributed by atoms with Crippen molar-refractivity contribution in [1.82, 2.24) is 9.97 Å². The van der Waals surface area contributed by atoms with Gasteiger partial charge in [0.25, 0.3) is 0 Å². The van der Waals surface area contributed by atoms with Crippen LogP contribution in [-0.4, -0.2) is 21.0 Å². The second kappa shape index (κ2) is 16.6. The fourth-order valence-electron chi connectivity index (χ4n) is 8.05. The lowest BCUT2D eigenvalue weighted by Gasteiger charge is -2.19. The standard InChI is InChI=1S/C53H40N2O8/c1-31-25-26-46(59-30-35-17-8-5-9-18-35)48-39(28-42(55-49(31)48)51-33(3)37-20-11-13-23-44(37)61-51)53(57)63-62-52(56)38-27-41(50-32(2)36-19-10-12-22-43(36)60-50)54-40-21-14-24-45(47(38)40)58-29-34-15-6-4-7-16-34/h4-28,53,57H,29-30H2,1-3H3. The van der Waals surface area contributed by atoms with Crippen molar-refractivity contribution in [2.24, 2.45) is 0 Å². The summed E-state index contributed by atoms with van der Waals surface area (Å²) in [7, 11) is 0. The van der Waals surface area contributed by atoms with Crippen molar-refractivity contribution >= 4 is 49.7 Å². The fourth-order valence-corrected chi connectivity index (χ4v) is 8.05. The van der Waals surface area contributed by atoms with E-state index in [1.165, 1.54) is 0 Å². The van der Waals surface area contributed by atoms with Crippen LogP contribution in [0.1, 0.15) is 50.0 Å². The number of aliphatic hydroxyl groups excluding tert-OH is 1. The first-order chi connectivity index (χ1) is 30.8. The zero-order valence-electron chi connectivity index (χ0n) is 34.6. The number of hydrogen-bond donors (Lipinski definition) is 1. The number of carbonyl (C=O) groups excluding carboxylic acids is 1. The maximum absolute atomic E-state index is 14.5. The van der Waals surface area contributed by atoms with Gasteiger partial charge in [0.15, 0.2) is 11.5 Å². The van der Waals surface area contributed by atoms with Crippen LogP contribution in [-0.2, 0) is 23.0 Å². The van der Waals surface area contributed by atoms with Gasteiger partial charge in [-0.25, -0.2) is 14.8 Å². The highest BCUT2D eigenvalue weighted by Gasteiger charge is 2.27. The first-order valence-corrected chi connectivity index (χ1v) is 20.5. The van der Waals surface area contributed by atoms with Gasteiger partial charge in [0.2, 0.25) is 6.29 Å². The molecule has 0 radical (unpaired) electrons. The van der Waals surface area contributed by atoms with E-state index < -0.39 is 12.3 Å². The van der Waals surface area contributed by atoms with Crippen molar-refractivity contribution in [2.75, 3.05) is 0 Å². The highest BCUT2D eigenvalue weighted by atomic mass is 17.2. The molecule has 0 aliphatic carbocycles. The summed E-state index contributed by atoms with van der Waals surface area (Å²) in [5.74, 6) is 0.994. The molecule has 0 amide bonds. The quantitative estimate of drug-likeness (QED) is 0.0722. The summed E-state index contributed by atoms with van der Waals surface area (Å²) >= 11 is 0. The number of aryl methyl sites for hydroxylation is 3. The Morgan fingerprint density at radius 1 is 0.603 bits per heavy atom. The second-order valence-electron chi connectivity index (χ2n) is 15.4. The number of carbonyl (C=O) groups is 1. The first kappa shape index (κ1) is 39.4. The zero-order valence-corrected chi connectivity index (χ0v) is 34.6. The molecule has 0 saturated carbocycles. The minimum absolute atomic E-state index is 0.0895. The highest BCUT2D eigenvalue weighted by molar-refractivity contribution is 6.07. The van der Waals surface area contributed by atoms with Crippen LogP contribution >= 0.6 is 0 Å². The van der Waals surface area contributed by atoms with E-state index in [9.17, 15) is 9.90 Å². The molecular formula is C53H40N2O8. The number of fused-ring (bicyclic) bond motifs is 4. The van der Waals surface area contributed by atoms with Crippen LogP contribution in [0.4, 0.5) is 0 Å². The van der Waals surface area contributed by atoms with Crippen LogP contribution in [0.25, 0.3) is 66.7 Å². The van der Waals surface area contributed by atoms with Crippen molar-refractivity contribution in [3.05, 3.63) is 191 Å². The smallest absolute Gasteiger partial charge is 0.374 e. The normalized spacial score (nSPS) is 12.0. The van der Waals surface area contributed by atoms with Crippen LogP contribution in [0.2, 0.25) is 0 Å². The lowest BCUT2D eigenvalue weighted by atomic mass is 10.0. The molecule has 0 saturated heterocycles. The maximum Gasteiger partial charge on any atom is 0.374 e. The SMILES string of the molecule is Cc1c(-c2cc(C(=O)OOC(O)c3cc(-c4oc5ccccc5c4C)nc4c(C)ccc(OCc5ccccc5)c34)c3c(OCc4ccccc4)cccc3n2)oc2ccccc12. The number of furan rings is 2. The van der Waals surface area contributed by atoms with Crippen molar-refractivity contribution in [2.45, 2.75) is 40.3 Å². The van der Waals surface area contributed by atoms with Crippen molar-refractivity contribution < 1.29 is 38.0 Å². The number of pyridine rings is 2. The predicted octanol–water partition coefficient (Wildman–Crippen LogP) is 12.5. The molecule has 10 aromatic rings. The van der Waals surface area contributed by atoms with E-state index in [1.54, 1.807) is 24.3 Å². The van der Waals surface area contributed by atoms with Gasteiger partial charge in [0, 0.05) is 27.5 Å². The predicted molar refractivity (Wildman–Crippen MR) is 241 cm³/mol. The second-order valence-corrected chi connectivity index (χ2v) is 15.4. The summed E-state index contributed by atoms with van der Waals surface area (Å²) in [4.78, 5) is 35.9. The number of ether oxygens (including phenoxy) is 2. The summed E-state index contributed by atoms with van der Waals surface area (Å²) < 4.78 is 25.4. The van der Waals surface area contributed by atoms with Gasteiger partial charge in [0.1, 0.15) is 47.3 Å². The molecule has 10 rings (SSSR count). The summed E-state index contributed by atoms with van der Waals surface area (Å²) in [6.45, 7) is 6.33. The molecule has 1 atom stereocenters. The Labute approximate surface area is 361 Å². The van der Waals surface area contributed by atoms with Gasteiger partial charge in [-0.2, -0.15) is 0 Å². The van der Waals surface area contributed by atoms with Crippen molar-refractivity contribution in [3.8, 4) is 34.4 Å². The van der Waals surface area contributed by atoms with Crippen molar-refractivity contribution in [3.63, 3.8) is 0 Å². The van der Waals surface area contributed by atoms with E-state index >= 15 is 0 Å². The van der Waals surface area contributed by atoms with Crippen LogP contribution in [0.3, 0.4) is 0 Å². The summed E-state index contributed by atoms with van der Waals surface area (Å²) in [5.41, 5.74) is 8.05. The molecule has 10 nitrogen and oxygen atoms in total. The average Bonchev–Trinajstić information content (AvgIpc) is 3.85. The molecule has 1 N–H and O–H groups in total. The Balaban J connectivity index is 1.05. The molecule has 4 heterocycles. The molecule has 0 fully saturated rings. The van der Waals surface area contributed by atoms with Crippen molar-refractivity contribution in [1.29, 1.82) is 0 Å². The fraction of sp³-hybridized carbons (Fsp3) is 0.113. The topological polar surface area (TPSA) is 126 Å². The third-order valence-electron chi connectivity index (χ3n) is 11.3. The third-order valence-corrected chi connectivity index (χ3v) is 11.3. The van der Waals surface area contributed by atoms with Gasteiger partial charge in [-0.3, -0.25) is 4.89 Å². The Morgan fingerprint density at radius 3 is 1.76 bits per heavy atom. The number of nitrogens with zero attached hydrogens (tertiary/aromatic N) is 2. The molecule has 63 heavy (non-hydrogen) atoms. The van der Waals surface area contributed by atoms with Gasteiger partial charge in [-0.1, -0.05) is 109 Å². The lowest BCUT2D eigenvalue weighted by Crippen LogP contribution is -2.13. The number of rotatable bonds is 12. The molecule has 0 spiro atoms. The van der Waals surface area contributed by atoms with E-state index in [0.29, 0.717) is 67.4 Å². The summed E-state index contributed by atoms with van der Waals surface area (Å²) in [5, 5.41) is 14.8. The Morgan fingerprint density at radius 2 is 1.16 bits per heavy atom. The Hall–Kier alpha value is -7.79. The molecule has 0 aliphatic rings. The van der Waals surface area contributed by atoms with E-state index in [2.05, 4.69) is 0 Å². The minimum Gasteiger partial charge on any atom is -0.488 e. The van der Waals surface area contributed by atoms with E-state index in [1.807, 2.05) is 148 Å². The molecule has 6 aromatic carbocycles. The largest absolute Gasteiger partial charge is 0.488 e. The molecule has 10 heteroatoms. The molecule has 4 aromatic heterocycles. The van der Waals surface area contributed by atoms with Gasteiger partial charge in [-0.05, 0) is 79.9 Å². The molecule has 0 aliphatic heterocycles. The maximum atomic E-state index is 14.5. The lowest BCUT2D eigenvalue weighted by molar-refractivity contribution is -0.332. The zero-order chi connectivity index (χ0) is 43.0. The van der Waals surface area contributed by atoms with Gasteiger partial charge >= 0.3 is 5.97 Å². The minimum atomic E-state index is -1.80. The summed E-state index contributed by atoms with van der Waals surface area (Å²) in [6, 6.07) is 47.3. The van der Waals surface area contributed by atoms with E-state index in [0.717, 1.165) is 38.6 Å². The summed E-state index contributed by atoms with van der Waals surface area (Å²) in [6.07, 6.45) is -1.80. The number of aliphatic hydroxyl groups is 1. The number of benzene rings is 6. The monoisotopic (exact) mass is 832 g/mol. The third kappa shape index (κ3) is 7.52. The number of aromatic nitrogens is 2. The molecule has 0 bridgehead atoms. The van der Waals surface area contributed by atoms with E-state index in [4.69, 9.17) is 38.1 Å². The van der Waals surface area contributed by atoms with Gasteiger partial charge in [0.05, 0.1) is 27.4 Å².